The first-order valence-electron chi connectivity index (χ1n) is 6.81. The molecule has 0 aliphatic rings. The fraction of sp³-hybridized carbons (Fsp3) is 0.267. The van der Waals surface area contributed by atoms with E-state index in [1.165, 1.54) is 0 Å². The number of alkyl halides is 1. The van der Waals surface area contributed by atoms with Gasteiger partial charge in [0.15, 0.2) is 0 Å². The highest BCUT2D eigenvalue weighted by molar-refractivity contribution is 6.16. The first-order valence-corrected chi connectivity index (χ1v) is 7.35. The Kier molecular flexibility index (Phi) is 4.01. The number of rotatable bonds is 5. The van der Waals surface area contributed by atoms with Crippen molar-refractivity contribution in [3.05, 3.63) is 58.9 Å². The van der Waals surface area contributed by atoms with Gasteiger partial charge in [-0.25, -0.2) is 4.98 Å². The number of halogens is 1. The smallest absolute Gasteiger partial charge is 0.261 e. The molecule has 0 aliphatic carbocycles. The van der Waals surface area contributed by atoms with Crippen LogP contribution in [0.4, 0.5) is 0 Å². The van der Waals surface area contributed by atoms with E-state index in [0.29, 0.717) is 23.3 Å². The van der Waals surface area contributed by atoms with Crippen LogP contribution in [0.5, 0.6) is 0 Å². The minimum atomic E-state index is -0.0308. The van der Waals surface area contributed by atoms with Gasteiger partial charge in [-0.15, -0.1) is 11.6 Å². The highest BCUT2D eigenvalue weighted by Gasteiger charge is 2.09. The molecule has 0 N–H and O–H groups in total. The zero-order valence-electron chi connectivity index (χ0n) is 11.4. The van der Waals surface area contributed by atoms with Crippen LogP contribution >= 0.6 is 11.6 Å². The minimum absolute atomic E-state index is 0.0308. The number of hydrogen-bond donors (Lipinski definition) is 0. The largest absolute Gasteiger partial charge is 0.295 e. The highest BCUT2D eigenvalue weighted by Crippen LogP contribution is 2.10. The predicted molar refractivity (Wildman–Crippen MR) is 82.4 cm³/mol. The Morgan fingerprint density at radius 2 is 2.00 bits per heavy atom. The van der Waals surface area contributed by atoms with Crippen molar-refractivity contribution in [2.24, 2.45) is 0 Å². The zero-order valence-corrected chi connectivity index (χ0v) is 12.2. The van der Waals surface area contributed by atoms with Gasteiger partial charge in [-0.2, -0.15) is 5.10 Å². The molecule has 0 amide bonds. The van der Waals surface area contributed by atoms with E-state index in [1.54, 1.807) is 16.8 Å². The molecule has 0 fully saturated rings. The third-order valence-corrected chi connectivity index (χ3v) is 3.63. The summed E-state index contributed by atoms with van der Waals surface area (Å²) in [6.45, 7) is 1.34. The molecule has 0 atom stereocenters. The van der Waals surface area contributed by atoms with Crippen molar-refractivity contribution in [2.45, 2.75) is 25.4 Å². The van der Waals surface area contributed by atoms with Crippen LogP contribution in [0.3, 0.4) is 0 Å². The molecule has 5 nitrogen and oxygen atoms in total. The second-order valence-corrected chi connectivity index (χ2v) is 5.03. The summed E-state index contributed by atoms with van der Waals surface area (Å²) < 4.78 is 3.51. The van der Waals surface area contributed by atoms with Gasteiger partial charge in [0.2, 0.25) is 0 Å². The molecule has 21 heavy (non-hydrogen) atoms. The number of fused-ring (bicyclic) bond motifs is 1. The Morgan fingerprint density at radius 1 is 1.14 bits per heavy atom. The second-order valence-electron chi connectivity index (χ2n) is 4.76. The molecule has 6 heteroatoms. The monoisotopic (exact) mass is 302 g/mol. The van der Waals surface area contributed by atoms with Gasteiger partial charge in [0, 0.05) is 25.5 Å². The topological polar surface area (TPSA) is 52.7 Å². The molecule has 0 saturated heterocycles. The van der Waals surface area contributed by atoms with E-state index in [9.17, 15) is 4.79 Å². The van der Waals surface area contributed by atoms with Crippen molar-refractivity contribution >= 4 is 22.5 Å². The molecular formula is C15H15ClN4O. The van der Waals surface area contributed by atoms with Gasteiger partial charge < -0.3 is 0 Å². The molecular weight excluding hydrogens is 288 g/mol. The van der Waals surface area contributed by atoms with Gasteiger partial charge in [-0.05, 0) is 24.6 Å². The molecule has 3 rings (SSSR count). The minimum Gasteiger partial charge on any atom is -0.295 e. The van der Waals surface area contributed by atoms with E-state index < -0.39 is 0 Å². The quantitative estimate of drug-likeness (QED) is 0.680. The standard InChI is InChI=1S/C15H15ClN4O/c16-11-14-18-13-6-2-1-5-12(13)15(21)20(14)10-4-9-19-8-3-7-17-19/h1-3,5-8H,4,9-11H2. The normalized spacial score (nSPS) is 11.1. The van der Waals surface area contributed by atoms with Gasteiger partial charge in [-0.1, -0.05) is 12.1 Å². The first kappa shape index (κ1) is 13.8. The molecule has 0 saturated carbocycles. The van der Waals surface area contributed by atoms with E-state index in [4.69, 9.17) is 11.6 Å². The number of aromatic nitrogens is 4. The van der Waals surface area contributed by atoms with Crippen molar-refractivity contribution in [3.63, 3.8) is 0 Å². The highest BCUT2D eigenvalue weighted by atomic mass is 35.5. The van der Waals surface area contributed by atoms with Crippen LogP contribution in [0.2, 0.25) is 0 Å². The maximum Gasteiger partial charge on any atom is 0.261 e. The molecule has 0 radical (unpaired) electrons. The van der Waals surface area contributed by atoms with Crippen LogP contribution in [-0.2, 0) is 19.0 Å². The van der Waals surface area contributed by atoms with Crippen LogP contribution in [0.25, 0.3) is 10.9 Å². The van der Waals surface area contributed by atoms with Crippen molar-refractivity contribution < 1.29 is 0 Å². The van der Waals surface area contributed by atoms with Crippen molar-refractivity contribution in [1.29, 1.82) is 0 Å². The Hall–Kier alpha value is -2.14. The molecule has 0 aliphatic heterocycles. The first-order chi connectivity index (χ1) is 10.3. The Labute approximate surface area is 126 Å². The van der Waals surface area contributed by atoms with E-state index in [2.05, 4.69) is 10.1 Å². The van der Waals surface area contributed by atoms with Crippen LogP contribution in [0.15, 0.2) is 47.5 Å². The van der Waals surface area contributed by atoms with Gasteiger partial charge in [0.1, 0.15) is 5.82 Å². The summed E-state index contributed by atoms with van der Waals surface area (Å²) in [5.74, 6) is 0.836. The fourth-order valence-corrected chi connectivity index (χ4v) is 2.57. The van der Waals surface area contributed by atoms with Crippen LogP contribution in [0, 0.1) is 0 Å². The molecule has 2 aromatic heterocycles. The molecule has 2 heterocycles. The van der Waals surface area contributed by atoms with Gasteiger partial charge in [0.05, 0.1) is 16.8 Å². The number of para-hydroxylation sites is 1. The third-order valence-electron chi connectivity index (χ3n) is 3.39. The number of aryl methyl sites for hydroxylation is 1. The van der Waals surface area contributed by atoms with Crippen molar-refractivity contribution in [2.75, 3.05) is 0 Å². The molecule has 0 bridgehead atoms. The number of benzene rings is 1. The van der Waals surface area contributed by atoms with Gasteiger partial charge in [0.25, 0.3) is 5.56 Å². The summed E-state index contributed by atoms with van der Waals surface area (Å²) in [6, 6.07) is 9.23. The Balaban J connectivity index is 1.89. The summed E-state index contributed by atoms with van der Waals surface area (Å²) in [4.78, 5) is 17.0. The molecule has 0 spiro atoms. The Bertz CT molecular complexity index is 795. The average molecular weight is 303 g/mol. The molecule has 1 aromatic carbocycles. The summed E-state index contributed by atoms with van der Waals surface area (Å²) >= 11 is 5.94. The lowest BCUT2D eigenvalue weighted by molar-refractivity contribution is 0.510. The lowest BCUT2D eigenvalue weighted by Gasteiger charge is -2.11. The van der Waals surface area contributed by atoms with E-state index in [1.807, 2.05) is 35.1 Å². The summed E-state index contributed by atoms with van der Waals surface area (Å²) in [7, 11) is 0. The van der Waals surface area contributed by atoms with Gasteiger partial charge >= 0.3 is 0 Å². The maximum absolute atomic E-state index is 12.5. The molecule has 3 aromatic rings. The number of hydrogen-bond acceptors (Lipinski definition) is 3. The summed E-state index contributed by atoms with van der Waals surface area (Å²) in [6.07, 6.45) is 4.45. The average Bonchev–Trinajstić information content (AvgIpc) is 3.02. The predicted octanol–water partition coefficient (Wildman–Crippen LogP) is 2.42. The van der Waals surface area contributed by atoms with E-state index in [-0.39, 0.29) is 11.4 Å². The SMILES string of the molecule is O=c1c2ccccc2nc(CCl)n1CCCn1cccn1. The van der Waals surface area contributed by atoms with Gasteiger partial charge in [-0.3, -0.25) is 14.0 Å². The summed E-state index contributed by atoms with van der Waals surface area (Å²) in [5.41, 5.74) is 0.665. The lowest BCUT2D eigenvalue weighted by Crippen LogP contribution is -2.25. The molecule has 108 valence electrons. The Morgan fingerprint density at radius 3 is 2.76 bits per heavy atom. The summed E-state index contributed by atoms with van der Waals surface area (Å²) in [5, 5.41) is 4.78. The zero-order chi connectivity index (χ0) is 14.7. The lowest BCUT2D eigenvalue weighted by atomic mass is 10.2. The van der Waals surface area contributed by atoms with E-state index in [0.717, 1.165) is 13.0 Å². The van der Waals surface area contributed by atoms with Crippen LogP contribution in [0.1, 0.15) is 12.2 Å². The van der Waals surface area contributed by atoms with Crippen LogP contribution in [-0.4, -0.2) is 19.3 Å². The second kappa shape index (κ2) is 6.10. The van der Waals surface area contributed by atoms with Crippen molar-refractivity contribution in [1.82, 2.24) is 19.3 Å². The van der Waals surface area contributed by atoms with E-state index >= 15 is 0 Å². The molecule has 0 unspecified atom stereocenters. The third kappa shape index (κ3) is 2.83. The fourth-order valence-electron chi connectivity index (χ4n) is 2.37. The van der Waals surface area contributed by atoms with Crippen molar-refractivity contribution in [3.8, 4) is 0 Å². The number of nitrogens with zero attached hydrogens (tertiary/aromatic N) is 4. The maximum atomic E-state index is 12.5. The van der Waals surface area contributed by atoms with Crippen LogP contribution < -0.4 is 5.56 Å².